The maximum Gasteiger partial charge on any atom is 0.412 e. The second-order valence-corrected chi connectivity index (χ2v) is 8.16. The van der Waals surface area contributed by atoms with E-state index < -0.39 is 11.7 Å². The zero-order valence-corrected chi connectivity index (χ0v) is 18.3. The molecule has 3 N–H and O–H groups in total. The number of nitrogens with one attached hydrogen (secondary N) is 3. The monoisotopic (exact) mass is 413 g/mol. The Morgan fingerprint density at radius 1 is 1.03 bits per heavy atom. The van der Waals surface area contributed by atoms with Crippen molar-refractivity contribution in [3.63, 3.8) is 0 Å². The van der Waals surface area contributed by atoms with E-state index in [2.05, 4.69) is 25.8 Å². The van der Waals surface area contributed by atoms with Gasteiger partial charge in [0.2, 0.25) is 0 Å². The van der Waals surface area contributed by atoms with Crippen LogP contribution in [0.15, 0.2) is 42.6 Å². The molecule has 0 bridgehead atoms. The first-order valence-corrected chi connectivity index (χ1v) is 9.85. The standard InChI is InChI=1S/C22H31N5O3/c1-22(2,3)30-21(29)26-18-9-7-6-8-17(18)25-20(28)19-11-10-16(15-24-19)14-23-12-13-27(4)5/h6-11,15,23H,12-14H2,1-5H3,(H,25,28)(H,26,29). The van der Waals surface area contributed by atoms with Crippen molar-refractivity contribution in [1.29, 1.82) is 0 Å². The molecule has 0 aliphatic rings. The van der Waals surface area contributed by atoms with Gasteiger partial charge in [0.1, 0.15) is 11.3 Å². The van der Waals surface area contributed by atoms with Crippen LogP contribution in [0.4, 0.5) is 16.2 Å². The number of nitrogens with zero attached hydrogens (tertiary/aromatic N) is 2. The van der Waals surface area contributed by atoms with Gasteiger partial charge in [-0.2, -0.15) is 0 Å². The topological polar surface area (TPSA) is 95.6 Å². The van der Waals surface area contributed by atoms with Gasteiger partial charge in [-0.05, 0) is 58.6 Å². The van der Waals surface area contributed by atoms with Crippen molar-refractivity contribution in [2.24, 2.45) is 0 Å². The van der Waals surface area contributed by atoms with Crippen LogP contribution < -0.4 is 16.0 Å². The fourth-order valence-corrected chi connectivity index (χ4v) is 2.50. The van der Waals surface area contributed by atoms with Crippen LogP contribution in [0, 0.1) is 0 Å². The zero-order valence-electron chi connectivity index (χ0n) is 18.3. The molecule has 30 heavy (non-hydrogen) atoms. The van der Waals surface area contributed by atoms with Crippen LogP contribution >= 0.6 is 0 Å². The first-order valence-electron chi connectivity index (χ1n) is 9.85. The molecule has 1 aromatic carbocycles. The van der Waals surface area contributed by atoms with Gasteiger partial charge in [-0.3, -0.25) is 15.1 Å². The van der Waals surface area contributed by atoms with Gasteiger partial charge in [-0.15, -0.1) is 0 Å². The highest BCUT2D eigenvalue weighted by Gasteiger charge is 2.18. The van der Waals surface area contributed by atoms with Crippen molar-refractivity contribution in [2.45, 2.75) is 32.9 Å². The van der Waals surface area contributed by atoms with Crippen LogP contribution in [0.5, 0.6) is 0 Å². The highest BCUT2D eigenvalue weighted by atomic mass is 16.6. The van der Waals surface area contributed by atoms with E-state index in [0.717, 1.165) is 18.7 Å². The van der Waals surface area contributed by atoms with Gasteiger partial charge in [-0.25, -0.2) is 4.79 Å². The molecule has 1 heterocycles. The second kappa shape index (κ2) is 10.7. The average molecular weight is 414 g/mol. The predicted octanol–water partition coefficient (Wildman–Crippen LogP) is 3.33. The second-order valence-electron chi connectivity index (χ2n) is 8.16. The lowest BCUT2D eigenvalue weighted by Gasteiger charge is -2.20. The SMILES string of the molecule is CN(C)CCNCc1ccc(C(=O)Nc2ccccc2NC(=O)OC(C)(C)C)nc1. The largest absolute Gasteiger partial charge is 0.444 e. The lowest BCUT2D eigenvalue weighted by molar-refractivity contribution is 0.0635. The van der Waals surface area contributed by atoms with Crippen LogP contribution in [0.2, 0.25) is 0 Å². The molecule has 8 nitrogen and oxygen atoms in total. The Kier molecular flexibility index (Phi) is 8.32. The molecular formula is C22H31N5O3. The van der Waals surface area contributed by atoms with Crippen molar-refractivity contribution >= 4 is 23.4 Å². The van der Waals surface area contributed by atoms with Gasteiger partial charge in [0.25, 0.3) is 5.91 Å². The van der Waals surface area contributed by atoms with Gasteiger partial charge in [0.15, 0.2) is 0 Å². The Morgan fingerprint density at radius 2 is 1.70 bits per heavy atom. The van der Waals surface area contributed by atoms with Gasteiger partial charge in [0, 0.05) is 25.8 Å². The van der Waals surface area contributed by atoms with E-state index in [-0.39, 0.29) is 5.91 Å². The Hall–Kier alpha value is -2.97. The molecular weight excluding hydrogens is 382 g/mol. The number of hydrogen-bond donors (Lipinski definition) is 3. The lowest BCUT2D eigenvalue weighted by atomic mass is 10.2. The van der Waals surface area contributed by atoms with E-state index in [9.17, 15) is 9.59 Å². The summed E-state index contributed by atoms with van der Waals surface area (Å²) in [5, 5.41) is 8.78. The van der Waals surface area contributed by atoms with Gasteiger partial charge in [0.05, 0.1) is 11.4 Å². The highest BCUT2D eigenvalue weighted by molar-refractivity contribution is 6.05. The maximum absolute atomic E-state index is 12.6. The summed E-state index contributed by atoms with van der Waals surface area (Å²) in [6.45, 7) is 7.86. The number of hydrogen-bond acceptors (Lipinski definition) is 6. The number of anilines is 2. The van der Waals surface area contributed by atoms with Gasteiger partial charge >= 0.3 is 6.09 Å². The van der Waals surface area contributed by atoms with E-state index in [1.165, 1.54) is 0 Å². The van der Waals surface area contributed by atoms with E-state index in [1.807, 2.05) is 20.2 Å². The Balaban J connectivity index is 1.97. The number of carbonyl (C=O) groups excluding carboxylic acids is 2. The fraction of sp³-hybridized carbons (Fsp3) is 0.409. The number of likely N-dealkylation sites (N-methyl/N-ethyl adjacent to an activating group) is 1. The molecule has 0 fully saturated rings. The number of para-hydroxylation sites is 2. The third-order valence-corrected chi connectivity index (χ3v) is 3.93. The lowest BCUT2D eigenvalue weighted by Crippen LogP contribution is -2.27. The molecule has 2 amide bonds. The zero-order chi connectivity index (χ0) is 22.1. The molecule has 8 heteroatoms. The summed E-state index contributed by atoms with van der Waals surface area (Å²) in [6, 6.07) is 10.5. The van der Waals surface area contributed by atoms with Crippen LogP contribution in [-0.4, -0.2) is 54.7 Å². The molecule has 0 unspecified atom stereocenters. The smallest absolute Gasteiger partial charge is 0.412 e. The third kappa shape index (κ3) is 8.18. The molecule has 0 saturated carbocycles. The van der Waals surface area contributed by atoms with Crippen molar-refractivity contribution in [2.75, 3.05) is 37.8 Å². The van der Waals surface area contributed by atoms with E-state index in [4.69, 9.17) is 4.74 Å². The predicted molar refractivity (Wildman–Crippen MR) is 119 cm³/mol. The molecule has 0 saturated heterocycles. The molecule has 0 aliphatic carbocycles. The first-order chi connectivity index (χ1) is 14.1. The summed E-state index contributed by atoms with van der Waals surface area (Å²) in [6.07, 6.45) is 1.09. The normalized spacial score (nSPS) is 11.3. The number of ether oxygens (including phenoxy) is 1. The summed E-state index contributed by atoms with van der Waals surface area (Å²) in [7, 11) is 4.05. The van der Waals surface area contributed by atoms with Gasteiger partial charge < -0.3 is 20.3 Å². The number of benzene rings is 1. The molecule has 0 radical (unpaired) electrons. The molecule has 1 aromatic heterocycles. The molecule has 2 aromatic rings. The van der Waals surface area contributed by atoms with Crippen LogP contribution in [0.3, 0.4) is 0 Å². The van der Waals surface area contributed by atoms with Crippen molar-refractivity contribution in [3.05, 3.63) is 53.9 Å². The Labute approximate surface area is 178 Å². The summed E-state index contributed by atoms with van der Waals surface area (Å²) in [4.78, 5) is 31.0. The van der Waals surface area contributed by atoms with E-state index >= 15 is 0 Å². The first kappa shape index (κ1) is 23.3. The minimum atomic E-state index is -0.616. The molecule has 0 spiro atoms. The molecule has 2 rings (SSSR count). The summed E-state index contributed by atoms with van der Waals surface area (Å²) in [5.41, 5.74) is 1.58. The van der Waals surface area contributed by atoms with E-state index in [0.29, 0.717) is 23.6 Å². The minimum absolute atomic E-state index is 0.291. The number of amides is 2. The number of carbonyl (C=O) groups is 2. The van der Waals surface area contributed by atoms with Crippen LogP contribution in [0.1, 0.15) is 36.8 Å². The van der Waals surface area contributed by atoms with E-state index in [1.54, 1.807) is 57.3 Å². The highest BCUT2D eigenvalue weighted by Crippen LogP contribution is 2.22. The van der Waals surface area contributed by atoms with Crippen LogP contribution in [0.25, 0.3) is 0 Å². The molecule has 162 valence electrons. The average Bonchev–Trinajstić information content (AvgIpc) is 2.65. The molecule has 0 aliphatic heterocycles. The van der Waals surface area contributed by atoms with Crippen molar-refractivity contribution in [1.82, 2.24) is 15.2 Å². The maximum atomic E-state index is 12.6. The minimum Gasteiger partial charge on any atom is -0.444 e. The third-order valence-electron chi connectivity index (χ3n) is 3.93. The Bertz CT molecular complexity index is 845. The fourth-order valence-electron chi connectivity index (χ4n) is 2.50. The number of aromatic nitrogens is 1. The van der Waals surface area contributed by atoms with Crippen molar-refractivity contribution in [3.8, 4) is 0 Å². The summed E-state index contributed by atoms with van der Waals surface area (Å²) >= 11 is 0. The quantitative estimate of drug-likeness (QED) is 0.575. The number of rotatable bonds is 8. The van der Waals surface area contributed by atoms with Gasteiger partial charge in [-0.1, -0.05) is 18.2 Å². The number of pyridine rings is 1. The van der Waals surface area contributed by atoms with Crippen LogP contribution in [-0.2, 0) is 11.3 Å². The summed E-state index contributed by atoms with van der Waals surface area (Å²) in [5.74, 6) is -0.361. The molecule has 0 atom stereocenters. The van der Waals surface area contributed by atoms with Crippen molar-refractivity contribution < 1.29 is 14.3 Å². The Morgan fingerprint density at radius 3 is 2.27 bits per heavy atom. The summed E-state index contributed by atoms with van der Waals surface area (Å²) < 4.78 is 5.27.